The van der Waals surface area contributed by atoms with Gasteiger partial charge in [-0.15, -0.1) is 0 Å². The molecule has 0 aromatic heterocycles. The first-order valence-electron chi connectivity index (χ1n) is 5.37. The highest BCUT2D eigenvalue weighted by Crippen LogP contribution is 2.31. The van der Waals surface area contributed by atoms with Crippen LogP contribution in [0.4, 0.5) is 0 Å². The van der Waals surface area contributed by atoms with E-state index in [-0.39, 0.29) is 6.10 Å². The van der Waals surface area contributed by atoms with E-state index >= 15 is 0 Å². The molecule has 1 aliphatic heterocycles. The lowest BCUT2D eigenvalue weighted by atomic mass is 9.80. The Balaban J connectivity index is 2.69. The maximum Gasteiger partial charge on any atom is 0.0801 e. The number of ether oxygens (including phenoxy) is 1. The van der Waals surface area contributed by atoms with E-state index in [1.165, 1.54) is 0 Å². The molecule has 1 rings (SSSR count). The molecule has 0 aliphatic carbocycles. The SMILES string of the molecule is CCC1OCC(O)C(C)C(C)C1C. The van der Waals surface area contributed by atoms with Gasteiger partial charge in [-0.05, 0) is 24.2 Å². The number of aliphatic hydroxyl groups is 1. The van der Waals surface area contributed by atoms with Crippen molar-refractivity contribution in [3.63, 3.8) is 0 Å². The lowest BCUT2D eigenvalue weighted by Gasteiger charge is -2.27. The highest BCUT2D eigenvalue weighted by molar-refractivity contribution is 4.82. The molecule has 1 N–H and O–H groups in total. The van der Waals surface area contributed by atoms with E-state index in [1.807, 2.05) is 0 Å². The molecule has 0 aromatic carbocycles. The molecule has 5 atom stereocenters. The molecule has 13 heavy (non-hydrogen) atoms. The molecular weight excluding hydrogens is 164 g/mol. The third kappa shape index (κ3) is 2.23. The number of rotatable bonds is 1. The van der Waals surface area contributed by atoms with Crippen molar-refractivity contribution in [2.24, 2.45) is 17.8 Å². The number of aliphatic hydroxyl groups excluding tert-OH is 1. The summed E-state index contributed by atoms with van der Waals surface area (Å²) in [5.41, 5.74) is 0. The lowest BCUT2D eigenvalue weighted by Crippen LogP contribution is -2.28. The van der Waals surface area contributed by atoms with Crippen LogP contribution in [0.1, 0.15) is 34.1 Å². The molecule has 0 saturated carbocycles. The Kier molecular flexibility index (Phi) is 3.74. The molecule has 1 aliphatic rings. The fourth-order valence-electron chi connectivity index (χ4n) is 2.18. The third-order valence-electron chi connectivity index (χ3n) is 3.74. The van der Waals surface area contributed by atoms with Crippen LogP contribution in [0, 0.1) is 17.8 Å². The molecule has 1 saturated heterocycles. The van der Waals surface area contributed by atoms with E-state index in [9.17, 15) is 5.11 Å². The van der Waals surface area contributed by atoms with Gasteiger partial charge < -0.3 is 9.84 Å². The molecule has 0 bridgehead atoms. The van der Waals surface area contributed by atoms with Crippen LogP contribution in [0.25, 0.3) is 0 Å². The summed E-state index contributed by atoms with van der Waals surface area (Å²) in [6, 6.07) is 0. The topological polar surface area (TPSA) is 29.5 Å². The molecule has 2 nitrogen and oxygen atoms in total. The van der Waals surface area contributed by atoms with Crippen LogP contribution < -0.4 is 0 Å². The van der Waals surface area contributed by atoms with Crippen LogP contribution in [0.5, 0.6) is 0 Å². The van der Waals surface area contributed by atoms with Gasteiger partial charge in [0.15, 0.2) is 0 Å². The van der Waals surface area contributed by atoms with Crippen molar-refractivity contribution >= 4 is 0 Å². The van der Waals surface area contributed by atoms with E-state index in [2.05, 4.69) is 27.7 Å². The standard InChI is InChI=1S/C11H22O2/c1-5-11-9(4)7(2)8(3)10(12)6-13-11/h7-12H,5-6H2,1-4H3. The van der Waals surface area contributed by atoms with Gasteiger partial charge in [-0.25, -0.2) is 0 Å². The summed E-state index contributed by atoms with van der Waals surface area (Å²) in [4.78, 5) is 0. The van der Waals surface area contributed by atoms with Crippen LogP contribution >= 0.6 is 0 Å². The number of hydrogen-bond donors (Lipinski definition) is 1. The Morgan fingerprint density at radius 3 is 2.31 bits per heavy atom. The fourth-order valence-corrected chi connectivity index (χ4v) is 2.18. The Bertz CT molecular complexity index is 156. The van der Waals surface area contributed by atoms with Gasteiger partial charge in [-0.3, -0.25) is 0 Å². The van der Waals surface area contributed by atoms with Gasteiger partial charge in [-0.2, -0.15) is 0 Å². The van der Waals surface area contributed by atoms with Crippen LogP contribution in [-0.4, -0.2) is 23.9 Å². The number of hydrogen-bond acceptors (Lipinski definition) is 2. The minimum atomic E-state index is -0.283. The van der Waals surface area contributed by atoms with E-state index < -0.39 is 0 Å². The highest BCUT2D eigenvalue weighted by atomic mass is 16.5. The Morgan fingerprint density at radius 2 is 1.77 bits per heavy atom. The van der Waals surface area contributed by atoms with Gasteiger partial charge in [0.2, 0.25) is 0 Å². The summed E-state index contributed by atoms with van der Waals surface area (Å²) >= 11 is 0. The Hall–Kier alpha value is -0.0800. The summed E-state index contributed by atoms with van der Waals surface area (Å²) in [6.45, 7) is 9.22. The van der Waals surface area contributed by atoms with Gasteiger partial charge in [0.1, 0.15) is 0 Å². The van der Waals surface area contributed by atoms with Crippen LogP contribution in [0.15, 0.2) is 0 Å². The predicted molar refractivity (Wildman–Crippen MR) is 53.5 cm³/mol. The van der Waals surface area contributed by atoms with Crippen molar-refractivity contribution in [2.75, 3.05) is 6.61 Å². The molecule has 1 fully saturated rings. The normalized spacial score (nSPS) is 47.3. The zero-order valence-electron chi connectivity index (χ0n) is 9.16. The monoisotopic (exact) mass is 186 g/mol. The van der Waals surface area contributed by atoms with E-state index in [4.69, 9.17) is 4.74 Å². The van der Waals surface area contributed by atoms with E-state index in [0.29, 0.717) is 30.5 Å². The summed E-state index contributed by atoms with van der Waals surface area (Å²) in [7, 11) is 0. The molecule has 2 heteroatoms. The molecular formula is C11H22O2. The van der Waals surface area contributed by atoms with Crippen LogP contribution in [0.2, 0.25) is 0 Å². The molecule has 0 amide bonds. The largest absolute Gasteiger partial charge is 0.390 e. The van der Waals surface area contributed by atoms with Crippen LogP contribution in [0.3, 0.4) is 0 Å². The lowest BCUT2D eigenvalue weighted by molar-refractivity contribution is -0.0171. The van der Waals surface area contributed by atoms with Gasteiger partial charge in [0.25, 0.3) is 0 Å². The first-order valence-corrected chi connectivity index (χ1v) is 5.37. The van der Waals surface area contributed by atoms with Gasteiger partial charge >= 0.3 is 0 Å². The van der Waals surface area contributed by atoms with Crippen molar-refractivity contribution in [1.82, 2.24) is 0 Å². The van der Waals surface area contributed by atoms with E-state index in [0.717, 1.165) is 6.42 Å². The minimum Gasteiger partial charge on any atom is -0.390 e. The second-order valence-corrected chi connectivity index (χ2v) is 4.42. The van der Waals surface area contributed by atoms with Crippen molar-refractivity contribution in [2.45, 2.75) is 46.3 Å². The molecule has 0 spiro atoms. The quantitative estimate of drug-likeness (QED) is 0.679. The average Bonchev–Trinajstić information content (AvgIpc) is 2.22. The second-order valence-electron chi connectivity index (χ2n) is 4.42. The molecule has 5 unspecified atom stereocenters. The molecule has 0 aromatic rings. The fraction of sp³-hybridized carbons (Fsp3) is 1.00. The first-order chi connectivity index (χ1) is 6.07. The van der Waals surface area contributed by atoms with Crippen LogP contribution in [-0.2, 0) is 4.74 Å². The summed E-state index contributed by atoms with van der Waals surface area (Å²) in [5, 5.41) is 9.73. The Labute approximate surface area is 81.3 Å². The maximum atomic E-state index is 9.73. The smallest absolute Gasteiger partial charge is 0.0801 e. The minimum absolute atomic E-state index is 0.283. The third-order valence-corrected chi connectivity index (χ3v) is 3.74. The second kappa shape index (κ2) is 4.43. The zero-order valence-corrected chi connectivity index (χ0v) is 9.16. The predicted octanol–water partition coefficient (Wildman–Crippen LogP) is 2.06. The van der Waals surface area contributed by atoms with Crippen molar-refractivity contribution < 1.29 is 9.84 Å². The van der Waals surface area contributed by atoms with Gasteiger partial charge in [0, 0.05) is 0 Å². The summed E-state index contributed by atoms with van der Waals surface area (Å²) in [5.74, 6) is 1.45. The van der Waals surface area contributed by atoms with Gasteiger partial charge in [0.05, 0.1) is 18.8 Å². The summed E-state index contributed by atoms with van der Waals surface area (Å²) < 4.78 is 5.67. The van der Waals surface area contributed by atoms with Crippen molar-refractivity contribution in [3.05, 3.63) is 0 Å². The molecule has 0 radical (unpaired) electrons. The zero-order chi connectivity index (χ0) is 10.0. The van der Waals surface area contributed by atoms with E-state index in [1.54, 1.807) is 0 Å². The van der Waals surface area contributed by atoms with Crippen molar-refractivity contribution in [1.29, 1.82) is 0 Å². The molecule has 78 valence electrons. The molecule has 1 heterocycles. The maximum absolute atomic E-state index is 9.73. The Morgan fingerprint density at radius 1 is 1.15 bits per heavy atom. The van der Waals surface area contributed by atoms with Gasteiger partial charge in [-0.1, -0.05) is 27.7 Å². The summed E-state index contributed by atoms with van der Waals surface area (Å²) in [6.07, 6.45) is 1.09. The van der Waals surface area contributed by atoms with Crippen molar-refractivity contribution in [3.8, 4) is 0 Å². The highest BCUT2D eigenvalue weighted by Gasteiger charge is 2.33. The average molecular weight is 186 g/mol. The first kappa shape index (κ1) is 11.0.